The molecule has 0 fully saturated rings. The van der Waals surface area contributed by atoms with Gasteiger partial charge in [0.2, 0.25) is 0 Å². The van der Waals surface area contributed by atoms with Crippen LogP contribution in [0.25, 0.3) is 11.3 Å². The van der Waals surface area contributed by atoms with Crippen LogP contribution in [0.15, 0.2) is 66.7 Å². The molecule has 3 N–H and O–H groups in total. The van der Waals surface area contributed by atoms with Crippen LogP contribution in [0.5, 0.6) is 0 Å². The molecular formula is C27H26FNO5P+. The Morgan fingerprint density at radius 1 is 1.11 bits per heavy atom. The number of carboxylic acids is 1. The maximum Gasteiger partial charge on any atom is 0.541 e. The maximum atomic E-state index is 13.8. The second-order valence-corrected chi connectivity index (χ2v) is 9.81. The van der Waals surface area contributed by atoms with E-state index in [4.69, 9.17) is 0 Å². The van der Waals surface area contributed by atoms with Crippen LogP contribution in [0.2, 0.25) is 0 Å². The molecular weight excluding hydrogens is 468 g/mol. The van der Waals surface area contributed by atoms with Crippen molar-refractivity contribution in [3.63, 3.8) is 0 Å². The highest BCUT2D eigenvalue weighted by molar-refractivity contribution is 7.42. The summed E-state index contributed by atoms with van der Waals surface area (Å²) < 4.78 is 26.6. The number of pyridine rings is 1. The molecule has 3 aromatic rings. The summed E-state index contributed by atoms with van der Waals surface area (Å²) in [6, 6.07) is 17.5. The average molecular weight is 494 g/mol. The monoisotopic (exact) mass is 494 g/mol. The molecule has 1 aromatic heterocycles. The fraction of sp³-hybridized carbons (Fsp3) is 0.259. The van der Waals surface area contributed by atoms with Gasteiger partial charge in [-0.1, -0.05) is 62.2 Å². The number of aliphatic carboxylic acids is 1. The maximum absolute atomic E-state index is 13.8. The van der Waals surface area contributed by atoms with Crippen LogP contribution >= 0.6 is 8.03 Å². The molecule has 0 amide bonds. The molecule has 1 heterocycles. The molecule has 0 spiro atoms. The van der Waals surface area contributed by atoms with E-state index in [0.717, 1.165) is 0 Å². The van der Waals surface area contributed by atoms with Gasteiger partial charge in [0.05, 0.1) is 11.4 Å². The van der Waals surface area contributed by atoms with Crippen molar-refractivity contribution in [2.24, 2.45) is 5.92 Å². The molecule has 3 atom stereocenters. The van der Waals surface area contributed by atoms with Gasteiger partial charge in [0.25, 0.3) is 0 Å². The van der Waals surface area contributed by atoms with E-state index < -0.39 is 37.0 Å². The highest BCUT2D eigenvalue weighted by Crippen LogP contribution is 2.51. The summed E-state index contributed by atoms with van der Waals surface area (Å²) >= 11 is 0. The Morgan fingerprint density at radius 3 is 2.37 bits per heavy atom. The van der Waals surface area contributed by atoms with Crippen molar-refractivity contribution in [1.29, 1.82) is 0 Å². The molecule has 0 aliphatic carbocycles. The Labute approximate surface area is 204 Å². The van der Waals surface area contributed by atoms with Crippen molar-refractivity contribution in [1.82, 2.24) is 4.98 Å². The third-order valence-electron chi connectivity index (χ3n) is 5.73. The lowest BCUT2D eigenvalue weighted by atomic mass is 9.77. The van der Waals surface area contributed by atoms with E-state index >= 15 is 0 Å². The number of halogens is 1. The van der Waals surface area contributed by atoms with E-state index in [0.29, 0.717) is 22.4 Å². The van der Waals surface area contributed by atoms with Gasteiger partial charge < -0.3 is 10.2 Å². The predicted molar refractivity (Wildman–Crippen MR) is 131 cm³/mol. The summed E-state index contributed by atoms with van der Waals surface area (Å²) in [5.74, 6) is 2.48. The first-order valence-corrected chi connectivity index (χ1v) is 12.1. The van der Waals surface area contributed by atoms with Crippen molar-refractivity contribution < 1.29 is 28.9 Å². The molecule has 2 aromatic carbocycles. The zero-order valence-electron chi connectivity index (χ0n) is 19.6. The number of hydrogen-bond donors (Lipinski definition) is 3. The van der Waals surface area contributed by atoms with E-state index in [-0.39, 0.29) is 11.6 Å². The summed E-state index contributed by atoms with van der Waals surface area (Å²) in [5.41, 5.74) is -0.725. The molecule has 3 unspecified atom stereocenters. The molecule has 0 saturated heterocycles. The quantitative estimate of drug-likeness (QED) is 0.320. The fourth-order valence-corrected chi connectivity index (χ4v) is 4.68. The van der Waals surface area contributed by atoms with Gasteiger partial charge in [-0.05, 0) is 52.8 Å². The Kier molecular flexibility index (Phi) is 7.82. The van der Waals surface area contributed by atoms with Crippen LogP contribution in [-0.2, 0) is 21.4 Å². The second-order valence-electron chi connectivity index (χ2n) is 8.59. The first kappa shape index (κ1) is 26.2. The fourth-order valence-electron chi connectivity index (χ4n) is 3.84. The van der Waals surface area contributed by atoms with Crippen LogP contribution in [0.1, 0.15) is 30.7 Å². The number of carbonyl (C=O) groups is 1. The van der Waals surface area contributed by atoms with Crippen molar-refractivity contribution >= 4 is 14.0 Å². The average Bonchev–Trinajstić information content (AvgIpc) is 2.81. The van der Waals surface area contributed by atoms with E-state index in [1.54, 1.807) is 57.2 Å². The number of aliphatic hydroxyl groups is 1. The Bertz CT molecular complexity index is 1300. The Balaban J connectivity index is 2.36. The number of benzene rings is 2. The van der Waals surface area contributed by atoms with Crippen molar-refractivity contribution in [2.75, 3.05) is 0 Å². The second kappa shape index (κ2) is 10.5. The number of carboxylic acid groups (broad SMARTS) is 1. The van der Waals surface area contributed by atoms with Crippen LogP contribution in [-0.4, -0.2) is 31.2 Å². The SMILES string of the molecule is Cc1cc(F)ccc1CC(O)(c1cccc(-c2ccccc2)n1)C(C#CC(C)C)(C(=O)O)[P+](=O)O. The van der Waals surface area contributed by atoms with Crippen molar-refractivity contribution in [3.8, 4) is 23.1 Å². The molecule has 180 valence electrons. The van der Waals surface area contributed by atoms with Gasteiger partial charge in [-0.15, -0.1) is 0 Å². The van der Waals surface area contributed by atoms with Gasteiger partial charge in [0.15, 0.2) is 5.60 Å². The van der Waals surface area contributed by atoms with Gasteiger partial charge in [0, 0.05) is 17.9 Å². The van der Waals surface area contributed by atoms with Gasteiger partial charge in [-0.25, -0.2) is 14.2 Å². The number of nitrogens with zero attached hydrogens (tertiary/aromatic N) is 1. The van der Waals surface area contributed by atoms with Crippen LogP contribution in [0.3, 0.4) is 0 Å². The number of aryl methyl sites for hydroxylation is 1. The summed E-state index contributed by atoms with van der Waals surface area (Å²) in [7, 11) is -3.59. The van der Waals surface area contributed by atoms with Gasteiger partial charge in [-0.2, -0.15) is 4.89 Å². The minimum absolute atomic E-state index is 0.138. The van der Waals surface area contributed by atoms with Crippen molar-refractivity contribution in [2.45, 2.75) is 37.9 Å². The van der Waals surface area contributed by atoms with Crippen LogP contribution in [0.4, 0.5) is 4.39 Å². The number of aromatic nitrogens is 1. The number of rotatable bonds is 7. The lowest BCUT2D eigenvalue weighted by molar-refractivity contribution is -0.146. The minimum atomic E-state index is -3.59. The van der Waals surface area contributed by atoms with Gasteiger partial charge in [0.1, 0.15) is 5.82 Å². The third-order valence-corrected chi connectivity index (χ3v) is 6.98. The lowest BCUT2D eigenvalue weighted by Crippen LogP contribution is -2.56. The van der Waals surface area contributed by atoms with E-state index in [2.05, 4.69) is 16.8 Å². The molecule has 0 radical (unpaired) electrons. The van der Waals surface area contributed by atoms with Crippen molar-refractivity contribution in [3.05, 3.63) is 89.4 Å². The minimum Gasteiger partial charge on any atom is -0.477 e. The third kappa shape index (κ3) is 5.16. The van der Waals surface area contributed by atoms with E-state index in [9.17, 15) is 28.9 Å². The molecule has 6 nitrogen and oxygen atoms in total. The summed E-state index contributed by atoms with van der Waals surface area (Å²) in [6.45, 7) is 5.00. The lowest BCUT2D eigenvalue weighted by Gasteiger charge is -2.33. The topological polar surface area (TPSA) is 108 Å². The largest absolute Gasteiger partial charge is 0.541 e. The standard InChI is InChI=1S/C27H25FNO5P/c1-18(2)14-15-27(25(30)31,35(33)34)26(32,17-21-12-13-22(28)16-19(21)3)24-11-7-10-23(29-24)20-8-5-4-6-9-20/h4-13,16,18,32H,17H2,1-3H3,(H-,30,31,33,34)/p+1. The Hall–Kier alpha value is -3.43. The summed E-state index contributed by atoms with van der Waals surface area (Å²) in [5, 5.41) is 19.7. The summed E-state index contributed by atoms with van der Waals surface area (Å²) in [6.07, 6.45) is -0.439. The highest BCUT2D eigenvalue weighted by atomic mass is 31.1. The van der Waals surface area contributed by atoms with Gasteiger partial charge in [-0.3, -0.25) is 0 Å². The zero-order chi connectivity index (χ0) is 25.8. The molecule has 8 heteroatoms. The molecule has 0 aliphatic rings. The van der Waals surface area contributed by atoms with E-state index in [1.165, 1.54) is 24.3 Å². The molecule has 35 heavy (non-hydrogen) atoms. The first-order chi connectivity index (χ1) is 16.5. The molecule has 3 rings (SSSR count). The summed E-state index contributed by atoms with van der Waals surface area (Å²) in [4.78, 5) is 27.6. The number of hydrogen-bond acceptors (Lipinski definition) is 4. The smallest absolute Gasteiger partial charge is 0.477 e. The highest BCUT2D eigenvalue weighted by Gasteiger charge is 2.72. The van der Waals surface area contributed by atoms with Crippen LogP contribution < -0.4 is 0 Å². The van der Waals surface area contributed by atoms with E-state index in [1.807, 2.05) is 6.07 Å². The zero-order valence-corrected chi connectivity index (χ0v) is 20.5. The molecule has 0 aliphatic heterocycles. The Morgan fingerprint density at radius 2 is 1.80 bits per heavy atom. The van der Waals surface area contributed by atoms with Crippen LogP contribution in [0, 0.1) is 30.5 Å². The first-order valence-electron chi connectivity index (χ1n) is 10.9. The molecule has 0 bridgehead atoms. The predicted octanol–water partition coefficient (Wildman–Crippen LogP) is 4.84. The normalized spacial score (nSPS) is 14.9. The molecule has 0 saturated carbocycles. The van der Waals surface area contributed by atoms with Gasteiger partial charge >= 0.3 is 19.2 Å².